The van der Waals surface area contributed by atoms with Crippen LogP contribution in [0.1, 0.15) is 29.9 Å². The number of nitrogens with zero attached hydrogens (tertiary/aromatic N) is 2. The molecule has 142 valence electrons. The number of aromatic nitrogens is 2. The molecule has 1 aromatic carbocycles. The van der Waals surface area contributed by atoms with Crippen molar-refractivity contribution in [2.45, 2.75) is 24.7 Å². The minimum atomic E-state index is -3.50. The summed E-state index contributed by atoms with van der Waals surface area (Å²) >= 11 is 5.76. The molecule has 0 bridgehead atoms. The molecule has 0 aliphatic carbocycles. The molecule has 0 radical (unpaired) electrons. The highest BCUT2D eigenvalue weighted by atomic mass is 35.5. The molecule has 2 rings (SSSR count). The molecular weight excluding hydrogens is 382 g/mol. The molecule has 26 heavy (non-hydrogen) atoms. The molecule has 1 amide bonds. The number of rotatable bonds is 10. The Balaban J connectivity index is 1.85. The SMILES string of the molecule is CCOCCCNC(=O)c1nc(CCS(=O)(=O)c2ccc(Cl)cc2)no1. The Hall–Kier alpha value is -1.97. The summed E-state index contributed by atoms with van der Waals surface area (Å²) in [6.45, 7) is 3.49. The van der Waals surface area contributed by atoms with E-state index in [9.17, 15) is 13.2 Å². The van der Waals surface area contributed by atoms with Crippen molar-refractivity contribution in [3.8, 4) is 0 Å². The molecule has 0 unspecified atom stereocenters. The highest BCUT2D eigenvalue weighted by Crippen LogP contribution is 2.16. The lowest BCUT2D eigenvalue weighted by molar-refractivity contribution is 0.0901. The third kappa shape index (κ3) is 6.08. The smallest absolute Gasteiger partial charge is 0.315 e. The average Bonchev–Trinajstić information content (AvgIpc) is 3.09. The van der Waals surface area contributed by atoms with Crippen molar-refractivity contribution in [2.75, 3.05) is 25.5 Å². The van der Waals surface area contributed by atoms with Gasteiger partial charge in [-0.25, -0.2) is 8.42 Å². The van der Waals surface area contributed by atoms with Gasteiger partial charge in [0.2, 0.25) is 0 Å². The first-order chi connectivity index (χ1) is 12.4. The van der Waals surface area contributed by atoms with Crippen molar-refractivity contribution >= 4 is 27.3 Å². The van der Waals surface area contributed by atoms with E-state index in [1.807, 2.05) is 6.92 Å². The Morgan fingerprint density at radius 3 is 2.73 bits per heavy atom. The summed E-state index contributed by atoms with van der Waals surface area (Å²) in [5.74, 6) is -0.744. The summed E-state index contributed by atoms with van der Waals surface area (Å²) in [5.41, 5.74) is 0. The number of hydrogen-bond acceptors (Lipinski definition) is 7. The number of hydrogen-bond donors (Lipinski definition) is 1. The van der Waals surface area contributed by atoms with Gasteiger partial charge in [0.25, 0.3) is 0 Å². The molecule has 1 N–H and O–H groups in total. The number of aryl methyl sites for hydroxylation is 1. The third-order valence-electron chi connectivity index (χ3n) is 3.38. The van der Waals surface area contributed by atoms with E-state index in [0.717, 1.165) is 0 Å². The first-order valence-corrected chi connectivity index (χ1v) is 10.1. The molecule has 1 heterocycles. The molecule has 10 heteroatoms. The van der Waals surface area contributed by atoms with Gasteiger partial charge in [0, 0.05) is 31.2 Å². The van der Waals surface area contributed by atoms with Crippen molar-refractivity contribution in [3.63, 3.8) is 0 Å². The summed E-state index contributed by atoms with van der Waals surface area (Å²) in [7, 11) is -3.50. The molecule has 0 aliphatic heterocycles. The molecular formula is C16H20ClN3O5S. The van der Waals surface area contributed by atoms with Crippen LogP contribution in [0.4, 0.5) is 0 Å². The van der Waals surface area contributed by atoms with E-state index in [2.05, 4.69) is 15.5 Å². The second-order valence-electron chi connectivity index (χ2n) is 5.34. The molecule has 0 saturated carbocycles. The summed E-state index contributed by atoms with van der Waals surface area (Å²) in [4.78, 5) is 16.0. The van der Waals surface area contributed by atoms with Crippen LogP contribution in [0.3, 0.4) is 0 Å². The van der Waals surface area contributed by atoms with Crippen LogP contribution in [0, 0.1) is 0 Å². The van der Waals surface area contributed by atoms with E-state index in [4.69, 9.17) is 20.9 Å². The maximum atomic E-state index is 12.3. The molecule has 2 aromatic rings. The fraction of sp³-hybridized carbons (Fsp3) is 0.438. The molecule has 0 spiro atoms. The molecule has 0 atom stereocenters. The van der Waals surface area contributed by atoms with Gasteiger partial charge in [0.05, 0.1) is 10.6 Å². The first kappa shape index (κ1) is 20.3. The lowest BCUT2D eigenvalue weighted by Gasteiger charge is -2.02. The van der Waals surface area contributed by atoms with Crippen molar-refractivity contribution in [2.24, 2.45) is 0 Å². The summed E-state index contributed by atoms with van der Waals surface area (Å²) in [6, 6.07) is 5.90. The van der Waals surface area contributed by atoms with E-state index >= 15 is 0 Å². The van der Waals surface area contributed by atoms with Crippen LogP contribution in [0.15, 0.2) is 33.7 Å². The molecule has 0 aliphatic rings. The molecule has 0 saturated heterocycles. The first-order valence-electron chi connectivity index (χ1n) is 8.09. The minimum Gasteiger partial charge on any atom is -0.382 e. The van der Waals surface area contributed by atoms with Crippen molar-refractivity contribution in [3.05, 3.63) is 41.0 Å². The highest BCUT2D eigenvalue weighted by molar-refractivity contribution is 7.91. The number of carbonyl (C=O) groups is 1. The van der Waals surface area contributed by atoms with Crippen LogP contribution < -0.4 is 5.32 Å². The molecule has 0 fully saturated rings. The number of nitrogens with one attached hydrogen (secondary N) is 1. The number of benzene rings is 1. The van der Waals surface area contributed by atoms with Gasteiger partial charge in [-0.1, -0.05) is 16.8 Å². The van der Waals surface area contributed by atoms with E-state index in [-0.39, 0.29) is 28.8 Å². The van der Waals surface area contributed by atoms with E-state index in [1.165, 1.54) is 24.3 Å². The van der Waals surface area contributed by atoms with E-state index in [0.29, 0.717) is 31.2 Å². The Labute approximate surface area is 156 Å². The second-order valence-corrected chi connectivity index (χ2v) is 7.89. The average molecular weight is 402 g/mol. The van der Waals surface area contributed by atoms with Gasteiger partial charge >= 0.3 is 11.8 Å². The largest absolute Gasteiger partial charge is 0.382 e. The van der Waals surface area contributed by atoms with Crippen LogP contribution in [0.25, 0.3) is 0 Å². The van der Waals surface area contributed by atoms with Crippen molar-refractivity contribution in [1.29, 1.82) is 0 Å². The topological polar surface area (TPSA) is 111 Å². The van der Waals surface area contributed by atoms with Gasteiger partial charge in [0.1, 0.15) is 0 Å². The molecule has 8 nitrogen and oxygen atoms in total. The van der Waals surface area contributed by atoms with Crippen molar-refractivity contribution in [1.82, 2.24) is 15.5 Å². The Morgan fingerprint density at radius 2 is 2.04 bits per heavy atom. The van der Waals surface area contributed by atoms with Gasteiger partial charge in [0.15, 0.2) is 15.7 Å². The number of ether oxygens (including phenoxy) is 1. The minimum absolute atomic E-state index is 0.0338. The third-order valence-corrected chi connectivity index (χ3v) is 5.37. The quantitative estimate of drug-likeness (QED) is 0.605. The van der Waals surface area contributed by atoms with Crippen molar-refractivity contribution < 1.29 is 22.5 Å². The fourth-order valence-electron chi connectivity index (χ4n) is 2.03. The fourth-order valence-corrected chi connectivity index (χ4v) is 3.39. The number of sulfone groups is 1. The summed E-state index contributed by atoms with van der Waals surface area (Å²) in [5, 5.41) is 6.73. The van der Waals surface area contributed by atoms with Crippen LogP contribution in [0.5, 0.6) is 0 Å². The lowest BCUT2D eigenvalue weighted by atomic mass is 10.4. The summed E-state index contributed by atoms with van der Waals surface area (Å²) in [6.07, 6.45) is 0.700. The predicted octanol–water partition coefficient (Wildman–Crippen LogP) is 1.90. The Kier molecular flexibility index (Phi) is 7.55. The number of amides is 1. The zero-order chi connectivity index (χ0) is 19.0. The predicted molar refractivity (Wildman–Crippen MR) is 95.0 cm³/mol. The Bertz CT molecular complexity index is 821. The maximum absolute atomic E-state index is 12.3. The van der Waals surface area contributed by atoms with E-state index in [1.54, 1.807) is 0 Å². The zero-order valence-corrected chi connectivity index (χ0v) is 15.8. The van der Waals surface area contributed by atoms with Crippen LogP contribution >= 0.6 is 11.6 Å². The van der Waals surface area contributed by atoms with Gasteiger partial charge in [-0.3, -0.25) is 4.79 Å². The number of carbonyl (C=O) groups excluding carboxylic acids is 1. The van der Waals surface area contributed by atoms with E-state index < -0.39 is 15.7 Å². The normalized spacial score (nSPS) is 11.5. The lowest BCUT2D eigenvalue weighted by Crippen LogP contribution is -2.25. The standard InChI is InChI=1S/C16H20ClN3O5S/c1-2-24-10-3-9-18-15(21)16-19-14(20-25-16)8-11-26(22,23)13-6-4-12(17)5-7-13/h4-7H,2-3,8-11H2,1H3,(H,18,21). The van der Waals surface area contributed by atoms with Gasteiger partial charge < -0.3 is 14.6 Å². The van der Waals surface area contributed by atoms with Crippen LogP contribution in [0.2, 0.25) is 5.02 Å². The van der Waals surface area contributed by atoms with Gasteiger partial charge in [-0.05, 0) is 37.6 Å². The monoisotopic (exact) mass is 401 g/mol. The highest BCUT2D eigenvalue weighted by Gasteiger charge is 2.19. The molecule has 1 aromatic heterocycles. The van der Waals surface area contributed by atoms with Gasteiger partial charge in [-0.15, -0.1) is 0 Å². The number of halogens is 1. The Morgan fingerprint density at radius 1 is 1.31 bits per heavy atom. The van der Waals surface area contributed by atoms with Crippen LogP contribution in [-0.4, -0.2) is 50.0 Å². The zero-order valence-electron chi connectivity index (χ0n) is 14.3. The summed E-state index contributed by atoms with van der Waals surface area (Å²) < 4.78 is 34.6. The second kappa shape index (κ2) is 9.65. The van der Waals surface area contributed by atoms with Crippen LogP contribution in [-0.2, 0) is 21.0 Å². The van der Waals surface area contributed by atoms with Gasteiger partial charge in [-0.2, -0.15) is 4.98 Å². The maximum Gasteiger partial charge on any atom is 0.315 e.